The number of benzene rings is 1. The molecule has 5 heteroatoms. The summed E-state index contributed by atoms with van der Waals surface area (Å²) >= 11 is 3.42. The van der Waals surface area contributed by atoms with E-state index in [4.69, 9.17) is 0 Å². The lowest BCUT2D eigenvalue weighted by molar-refractivity contribution is -0.128. The summed E-state index contributed by atoms with van der Waals surface area (Å²) < 4.78 is 1.08. The van der Waals surface area contributed by atoms with Gasteiger partial charge in [-0.1, -0.05) is 28.1 Å². The van der Waals surface area contributed by atoms with Gasteiger partial charge in [0.05, 0.1) is 0 Å². The van der Waals surface area contributed by atoms with E-state index in [0.717, 1.165) is 49.5 Å². The number of hydrogen-bond acceptors (Lipinski definition) is 2. The van der Waals surface area contributed by atoms with Crippen molar-refractivity contribution in [2.75, 3.05) is 6.54 Å². The third kappa shape index (κ3) is 5.79. The van der Waals surface area contributed by atoms with Crippen molar-refractivity contribution in [3.05, 3.63) is 34.3 Å². The van der Waals surface area contributed by atoms with E-state index < -0.39 is 0 Å². The Morgan fingerprint density at radius 1 is 1.23 bits per heavy atom. The van der Waals surface area contributed by atoms with Crippen LogP contribution in [-0.2, 0) is 16.0 Å². The van der Waals surface area contributed by atoms with Gasteiger partial charge in [0.25, 0.3) is 0 Å². The molecule has 1 aliphatic rings. The number of hydrogen-bond donors (Lipinski definition) is 2. The summed E-state index contributed by atoms with van der Waals surface area (Å²) in [7, 11) is 0. The molecule has 0 radical (unpaired) electrons. The van der Waals surface area contributed by atoms with Crippen LogP contribution in [0.25, 0.3) is 0 Å². The Kier molecular flexibility index (Phi) is 6.90. The Balaban J connectivity index is 1.64. The van der Waals surface area contributed by atoms with Crippen molar-refractivity contribution in [1.29, 1.82) is 0 Å². The van der Waals surface area contributed by atoms with Crippen molar-refractivity contribution in [2.45, 2.75) is 51.0 Å². The van der Waals surface area contributed by atoms with E-state index >= 15 is 0 Å². The molecule has 2 N–H and O–H groups in total. The normalized spacial score (nSPS) is 18.4. The van der Waals surface area contributed by atoms with Crippen LogP contribution in [-0.4, -0.2) is 24.4 Å². The number of carbonyl (C=O) groups excluding carboxylic acids is 2. The first-order valence-electron chi connectivity index (χ1n) is 7.96. The maximum Gasteiger partial charge on any atom is 0.242 e. The zero-order chi connectivity index (χ0) is 15.8. The van der Waals surface area contributed by atoms with E-state index in [1.54, 1.807) is 0 Å². The molecule has 1 aliphatic heterocycles. The quantitative estimate of drug-likeness (QED) is 0.760. The topological polar surface area (TPSA) is 58.2 Å². The second-order valence-corrected chi connectivity index (χ2v) is 6.66. The molecule has 1 saturated heterocycles. The van der Waals surface area contributed by atoms with Crippen molar-refractivity contribution < 1.29 is 9.59 Å². The van der Waals surface area contributed by atoms with Gasteiger partial charge in [0.15, 0.2) is 0 Å². The molecule has 0 aromatic heterocycles. The number of halogens is 1. The van der Waals surface area contributed by atoms with Crippen molar-refractivity contribution in [1.82, 2.24) is 10.6 Å². The van der Waals surface area contributed by atoms with Gasteiger partial charge in [-0.15, -0.1) is 0 Å². The fourth-order valence-corrected chi connectivity index (χ4v) is 2.87. The zero-order valence-electron chi connectivity index (χ0n) is 12.7. The van der Waals surface area contributed by atoms with Gasteiger partial charge in [-0.05, 0) is 56.2 Å². The van der Waals surface area contributed by atoms with Crippen LogP contribution in [0.1, 0.15) is 44.1 Å². The predicted octanol–water partition coefficient (Wildman–Crippen LogP) is 2.95. The third-order valence-corrected chi connectivity index (χ3v) is 4.43. The summed E-state index contributed by atoms with van der Waals surface area (Å²) in [5.41, 5.74) is 1.28. The minimum Gasteiger partial charge on any atom is -0.354 e. The predicted molar refractivity (Wildman–Crippen MR) is 90.5 cm³/mol. The van der Waals surface area contributed by atoms with E-state index in [1.807, 2.05) is 12.1 Å². The second-order valence-electron chi connectivity index (χ2n) is 5.74. The molecule has 1 aromatic carbocycles. The lowest BCUT2D eigenvalue weighted by Crippen LogP contribution is -2.45. The standard InChI is InChI=1S/C17H23BrN2O2/c18-14-10-8-13(9-11-14)5-1-2-7-16(21)20-15-6-3-4-12-19-17(15)22/h8-11,15H,1-7,12H2,(H,19,22)(H,20,21). The highest BCUT2D eigenvalue weighted by Gasteiger charge is 2.21. The van der Waals surface area contributed by atoms with E-state index in [0.29, 0.717) is 6.42 Å². The molecule has 2 rings (SSSR count). The Morgan fingerprint density at radius 2 is 2.00 bits per heavy atom. The number of carbonyl (C=O) groups is 2. The Bertz CT molecular complexity index is 502. The highest BCUT2D eigenvalue weighted by Crippen LogP contribution is 2.13. The van der Waals surface area contributed by atoms with E-state index in [9.17, 15) is 9.59 Å². The van der Waals surface area contributed by atoms with Gasteiger partial charge < -0.3 is 10.6 Å². The highest BCUT2D eigenvalue weighted by atomic mass is 79.9. The maximum absolute atomic E-state index is 11.9. The molecular formula is C17H23BrN2O2. The van der Waals surface area contributed by atoms with Gasteiger partial charge in [0, 0.05) is 17.4 Å². The molecule has 1 atom stereocenters. The van der Waals surface area contributed by atoms with Crippen LogP contribution < -0.4 is 10.6 Å². The molecular weight excluding hydrogens is 344 g/mol. The van der Waals surface area contributed by atoms with Gasteiger partial charge in [0.2, 0.25) is 11.8 Å². The lowest BCUT2D eigenvalue weighted by atomic mass is 10.1. The molecule has 0 bridgehead atoms. The Hall–Kier alpha value is -1.36. The Morgan fingerprint density at radius 3 is 2.77 bits per heavy atom. The molecule has 2 amide bonds. The number of aryl methyl sites for hydroxylation is 1. The number of nitrogens with one attached hydrogen (secondary N) is 2. The summed E-state index contributed by atoms with van der Waals surface area (Å²) in [4.78, 5) is 23.7. The third-order valence-electron chi connectivity index (χ3n) is 3.90. The van der Waals surface area contributed by atoms with Crippen LogP contribution >= 0.6 is 15.9 Å². The van der Waals surface area contributed by atoms with E-state index in [1.165, 1.54) is 5.56 Å². The average molecular weight is 367 g/mol. The molecule has 1 aromatic rings. The first-order valence-corrected chi connectivity index (χ1v) is 8.76. The van der Waals surface area contributed by atoms with Crippen molar-refractivity contribution in [3.8, 4) is 0 Å². The summed E-state index contributed by atoms with van der Waals surface area (Å²) in [6.07, 6.45) is 6.00. The van der Waals surface area contributed by atoms with Crippen LogP contribution in [0.4, 0.5) is 0 Å². The van der Waals surface area contributed by atoms with Crippen LogP contribution in [0.3, 0.4) is 0 Å². The molecule has 0 spiro atoms. The Labute approximate surface area is 140 Å². The summed E-state index contributed by atoms with van der Waals surface area (Å²) in [5, 5.41) is 5.69. The number of amides is 2. The largest absolute Gasteiger partial charge is 0.354 e. The van der Waals surface area contributed by atoms with Gasteiger partial charge >= 0.3 is 0 Å². The molecule has 1 heterocycles. The SMILES string of the molecule is O=C(CCCCc1ccc(Br)cc1)NC1CCCCNC1=O. The summed E-state index contributed by atoms with van der Waals surface area (Å²) in [6.45, 7) is 0.721. The molecule has 0 aliphatic carbocycles. The van der Waals surface area contributed by atoms with Gasteiger partial charge in [-0.2, -0.15) is 0 Å². The van der Waals surface area contributed by atoms with Gasteiger partial charge in [-0.25, -0.2) is 0 Å². The number of unbranched alkanes of at least 4 members (excludes halogenated alkanes) is 1. The first-order chi connectivity index (χ1) is 10.6. The van der Waals surface area contributed by atoms with Crippen molar-refractivity contribution >= 4 is 27.7 Å². The van der Waals surface area contributed by atoms with Crippen LogP contribution in [0.15, 0.2) is 28.7 Å². The van der Waals surface area contributed by atoms with Crippen molar-refractivity contribution in [2.24, 2.45) is 0 Å². The molecule has 4 nitrogen and oxygen atoms in total. The van der Waals surface area contributed by atoms with Crippen LogP contribution in [0.2, 0.25) is 0 Å². The smallest absolute Gasteiger partial charge is 0.242 e. The fraction of sp³-hybridized carbons (Fsp3) is 0.529. The van der Waals surface area contributed by atoms with Crippen molar-refractivity contribution in [3.63, 3.8) is 0 Å². The molecule has 1 unspecified atom stereocenters. The molecule has 120 valence electrons. The second kappa shape index (κ2) is 8.93. The maximum atomic E-state index is 11.9. The average Bonchev–Trinajstić information content (AvgIpc) is 2.71. The summed E-state index contributed by atoms with van der Waals surface area (Å²) in [5.74, 6) is -0.0569. The first kappa shape index (κ1) is 17.0. The molecule has 22 heavy (non-hydrogen) atoms. The monoisotopic (exact) mass is 366 g/mol. The fourth-order valence-electron chi connectivity index (χ4n) is 2.61. The molecule has 0 saturated carbocycles. The highest BCUT2D eigenvalue weighted by molar-refractivity contribution is 9.10. The lowest BCUT2D eigenvalue weighted by Gasteiger charge is -2.15. The zero-order valence-corrected chi connectivity index (χ0v) is 14.3. The van der Waals surface area contributed by atoms with E-state index in [2.05, 4.69) is 38.7 Å². The minimum absolute atomic E-state index is 0.0159. The van der Waals surface area contributed by atoms with E-state index in [-0.39, 0.29) is 17.9 Å². The van der Waals surface area contributed by atoms with Crippen LogP contribution in [0, 0.1) is 0 Å². The number of rotatable bonds is 6. The molecule has 1 fully saturated rings. The summed E-state index contributed by atoms with van der Waals surface area (Å²) in [6, 6.07) is 7.92. The van der Waals surface area contributed by atoms with Gasteiger partial charge in [0.1, 0.15) is 6.04 Å². The minimum atomic E-state index is -0.346. The van der Waals surface area contributed by atoms with Crippen LogP contribution in [0.5, 0.6) is 0 Å². The van der Waals surface area contributed by atoms with Gasteiger partial charge in [-0.3, -0.25) is 9.59 Å².